The van der Waals surface area contributed by atoms with E-state index < -0.39 is 10.0 Å². The van der Waals surface area contributed by atoms with E-state index in [1.54, 1.807) is 36.7 Å². The number of hydrogen-bond acceptors (Lipinski definition) is 6. The van der Waals surface area contributed by atoms with Crippen LogP contribution in [0.2, 0.25) is 0 Å². The van der Waals surface area contributed by atoms with Crippen molar-refractivity contribution in [2.24, 2.45) is 0 Å². The number of benzene rings is 1. The Morgan fingerprint density at radius 1 is 1.20 bits per heavy atom. The molecule has 0 atom stereocenters. The summed E-state index contributed by atoms with van der Waals surface area (Å²) in [6, 6.07) is 6.73. The normalized spacial score (nSPS) is 11.9. The van der Waals surface area contributed by atoms with Crippen LogP contribution in [0, 0.1) is 6.92 Å². The lowest BCUT2D eigenvalue weighted by Crippen LogP contribution is -2.12. The van der Waals surface area contributed by atoms with Crippen LogP contribution in [0.3, 0.4) is 0 Å². The molecular weight excluding hydrogens is 424 g/mol. The van der Waals surface area contributed by atoms with E-state index >= 15 is 0 Å². The van der Waals surface area contributed by atoms with Crippen molar-refractivity contribution in [1.82, 2.24) is 18.9 Å². The molecule has 4 rings (SSSR count). The van der Waals surface area contributed by atoms with E-state index in [0.717, 1.165) is 5.56 Å². The molecule has 0 saturated heterocycles. The summed E-state index contributed by atoms with van der Waals surface area (Å²) in [5.41, 5.74) is 2.01. The molecule has 6 nitrogen and oxygen atoms in total. The summed E-state index contributed by atoms with van der Waals surface area (Å²) >= 11 is 4.74. The van der Waals surface area contributed by atoms with Crippen molar-refractivity contribution in [3.05, 3.63) is 58.5 Å². The second-order valence-corrected chi connectivity index (χ2v) is 8.88. The number of halogens is 1. The summed E-state index contributed by atoms with van der Waals surface area (Å²) in [6.07, 6.45) is 4.50. The second kappa shape index (κ2) is 6.01. The first-order valence-electron chi connectivity index (χ1n) is 7.21. The van der Waals surface area contributed by atoms with Crippen LogP contribution in [0.4, 0.5) is 0 Å². The summed E-state index contributed by atoms with van der Waals surface area (Å²) in [5, 5.41) is 3.18. The number of fused-ring (bicyclic) bond motifs is 1. The van der Waals surface area contributed by atoms with Gasteiger partial charge in [-0.2, -0.15) is 0 Å². The standard InChI is InChI=1S/C16H11BrN4O2S2/c1-10-2-4-11(5-3-10)25(22,23)21-7-13(16-20-14(17)8-24-16)12-6-18-9-19-15(12)21/h2-9H,1H3. The topological polar surface area (TPSA) is 77.7 Å². The molecule has 3 aromatic heterocycles. The second-order valence-electron chi connectivity index (χ2n) is 5.39. The zero-order chi connectivity index (χ0) is 17.6. The number of thiazole rings is 1. The molecule has 25 heavy (non-hydrogen) atoms. The Hall–Kier alpha value is -2.10. The lowest BCUT2D eigenvalue weighted by Gasteiger charge is -2.06. The SMILES string of the molecule is Cc1ccc(S(=O)(=O)n2cc(-c3nc(Br)cs3)c3cncnc32)cc1. The zero-order valence-electron chi connectivity index (χ0n) is 12.9. The van der Waals surface area contributed by atoms with Gasteiger partial charge < -0.3 is 0 Å². The molecule has 0 saturated carbocycles. The predicted molar refractivity (Wildman–Crippen MR) is 100 cm³/mol. The lowest BCUT2D eigenvalue weighted by molar-refractivity contribution is 0.588. The molecule has 0 bridgehead atoms. The van der Waals surface area contributed by atoms with Crippen LogP contribution in [0.25, 0.3) is 21.6 Å². The quantitative estimate of drug-likeness (QED) is 0.488. The van der Waals surface area contributed by atoms with Gasteiger partial charge in [0.2, 0.25) is 0 Å². The highest BCUT2D eigenvalue weighted by atomic mass is 79.9. The molecule has 0 spiro atoms. The molecule has 0 N–H and O–H groups in total. The summed E-state index contributed by atoms with van der Waals surface area (Å²) in [7, 11) is -3.77. The summed E-state index contributed by atoms with van der Waals surface area (Å²) in [6.45, 7) is 1.91. The van der Waals surface area contributed by atoms with Crippen LogP contribution in [0.15, 0.2) is 57.9 Å². The molecule has 126 valence electrons. The Morgan fingerprint density at radius 2 is 1.96 bits per heavy atom. The Labute approximate surface area is 156 Å². The van der Waals surface area contributed by atoms with Crippen LogP contribution in [0.5, 0.6) is 0 Å². The minimum atomic E-state index is -3.77. The summed E-state index contributed by atoms with van der Waals surface area (Å²) in [5.74, 6) is 0. The Morgan fingerprint density at radius 3 is 2.64 bits per heavy atom. The van der Waals surface area contributed by atoms with E-state index in [4.69, 9.17) is 0 Å². The zero-order valence-corrected chi connectivity index (χ0v) is 16.1. The first-order valence-corrected chi connectivity index (χ1v) is 10.3. The average molecular weight is 435 g/mol. The third kappa shape index (κ3) is 2.78. The van der Waals surface area contributed by atoms with Crippen molar-refractivity contribution in [2.45, 2.75) is 11.8 Å². The lowest BCUT2D eigenvalue weighted by atomic mass is 10.2. The van der Waals surface area contributed by atoms with Gasteiger partial charge in [-0.15, -0.1) is 11.3 Å². The van der Waals surface area contributed by atoms with Crippen LogP contribution in [0.1, 0.15) is 5.56 Å². The molecule has 0 aliphatic carbocycles. The van der Waals surface area contributed by atoms with Crippen LogP contribution < -0.4 is 0 Å². The van der Waals surface area contributed by atoms with E-state index in [9.17, 15) is 8.42 Å². The highest BCUT2D eigenvalue weighted by molar-refractivity contribution is 9.10. The summed E-state index contributed by atoms with van der Waals surface area (Å²) < 4.78 is 28.1. The first-order chi connectivity index (χ1) is 12.0. The minimum absolute atomic E-state index is 0.209. The van der Waals surface area contributed by atoms with E-state index in [1.165, 1.54) is 21.6 Å². The number of aryl methyl sites for hydroxylation is 1. The molecule has 0 fully saturated rings. The smallest absolute Gasteiger partial charge is 0.244 e. The van der Waals surface area contributed by atoms with Crippen molar-refractivity contribution in [2.75, 3.05) is 0 Å². The molecule has 4 aromatic rings. The van der Waals surface area contributed by atoms with E-state index in [2.05, 4.69) is 30.9 Å². The highest BCUT2D eigenvalue weighted by Crippen LogP contribution is 2.34. The Kier molecular flexibility index (Phi) is 3.94. The van der Waals surface area contributed by atoms with Gasteiger partial charge in [0.15, 0.2) is 5.65 Å². The van der Waals surface area contributed by atoms with E-state index in [0.29, 0.717) is 26.2 Å². The number of hydrogen-bond donors (Lipinski definition) is 0. The predicted octanol–water partition coefficient (Wildman–Crippen LogP) is 3.86. The van der Waals surface area contributed by atoms with Gasteiger partial charge in [0.05, 0.1) is 4.90 Å². The maximum atomic E-state index is 13.1. The van der Waals surface area contributed by atoms with Crippen molar-refractivity contribution in [1.29, 1.82) is 0 Å². The molecule has 0 aliphatic rings. The monoisotopic (exact) mass is 434 g/mol. The maximum Gasteiger partial charge on any atom is 0.269 e. The van der Waals surface area contributed by atoms with Gasteiger partial charge in [0.1, 0.15) is 15.9 Å². The Bertz CT molecular complexity index is 1180. The first kappa shape index (κ1) is 16.4. The van der Waals surface area contributed by atoms with Crippen LogP contribution >= 0.6 is 27.3 Å². The molecule has 9 heteroatoms. The maximum absolute atomic E-state index is 13.1. The van der Waals surface area contributed by atoms with Crippen molar-refractivity contribution in [3.63, 3.8) is 0 Å². The fourth-order valence-electron chi connectivity index (χ4n) is 2.49. The number of rotatable bonds is 3. The average Bonchev–Trinajstić information content (AvgIpc) is 3.19. The van der Waals surface area contributed by atoms with Crippen LogP contribution in [-0.2, 0) is 10.0 Å². The van der Waals surface area contributed by atoms with E-state index in [1.807, 2.05) is 12.3 Å². The summed E-state index contributed by atoms with van der Waals surface area (Å²) in [4.78, 5) is 12.8. The van der Waals surface area contributed by atoms with Gasteiger partial charge in [-0.3, -0.25) is 0 Å². The van der Waals surface area contributed by atoms with Gasteiger partial charge in [0, 0.05) is 28.7 Å². The molecule has 0 unspecified atom stereocenters. The molecule has 0 radical (unpaired) electrons. The number of nitrogens with zero attached hydrogens (tertiary/aromatic N) is 4. The largest absolute Gasteiger partial charge is 0.269 e. The minimum Gasteiger partial charge on any atom is -0.244 e. The molecule has 0 aliphatic heterocycles. The molecule has 3 heterocycles. The van der Waals surface area contributed by atoms with Gasteiger partial charge in [-0.05, 0) is 35.0 Å². The van der Waals surface area contributed by atoms with Gasteiger partial charge in [-0.25, -0.2) is 27.3 Å². The third-order valence-electron chi connectivity index (χ3n) is 3.72. The molecule has 0 amide bonds. The van der Waals surface area contributed by atoms with Crippen molar-refractivity contribution >= 4 is 48.3 Å². The van der Waals surface area contributed by atoms with E-state index in [-0.39, 0.29) is 4.90 Å². The van der Waals surface area contributed by atoms with Gasteiger partial charge in [-0.1, -0.05) is 17.7 Å². The Balaban J connectivity index is 1.98. The van der Waals surface area contributed by atoms with Crippen LogP contribution in [-0.4, -0.2) is 27.3 Å². The molecule has 1 aromatic carbocycles. The highest BCUT2D eigenvalue weighted by Gasteiger charge is 2.23. The fourth-order valence-corrected chi connectivity index (χ4v) is 5.09. The van der Waals surface area contributed by atoms with Gasteiger partial charge >= 0.3 is 0 Å². The third-order valence-corrected chi connectivity index (χ3v) is 6.97. The van der Waals surface area contributed by atoms with Gasteiger partial charge in [0.25, 0.3) is 10.0 Å². The number of aromatic nitrogens is 4. The van der Waals surface area contributed by atoms with Crippen molar-refractivity contribution < 1.29 is 8.42 Å². The molecular formula is C16H11BrN4O2S2. The van der Waals surface area contributed by atoms with Crippen molar-refractivity contribution in [3.8, 4) is 10.6 Å². The fraction of sp³-hybridized carbons (Fsp3) is 0.0625.